The van der Waals surface area contributed by atoms with Crippen LogP contribution in [0.5, 0.6) is 0 Å². The zero-order valence-corrected chi connectivity index (χ0v) is 12.1. The molecule has 1 saturated heterocycles. The van der Waals surface area contributed by atoms with E-state index in [0.29, 0.717) is 5.13 Å². The Balaban J connectivity index is 1.65. The van der Waals surface area contributed by atoms with Crippen molar-refractivity contribution in [1.82, 2.24) is 15.1 Å². The molecule has 1 fully saturated rings. The summed E-state index contributed by atoms with van der Waals surface area (Å²) in [6.07, 6.45) is 1.95. The molecule has 0 aliphatic carbocycles. The highest BCUT2D eigenvalue weighted by atomic mass is 32.1. The lowest BCUT2D eigenvalue weighted by Crippen LogP contribution is -2.32. The second-order valence-electron chi connectivity index (χ2n) is 4.98. The molecular weight excluding hydrogens is 291 g/mol. The van der Waals surface area contributed by atoms with Crippen molar-refractivity contribution in [2.24, 2.45) is 0 Å². The fourth-order valence-electron chi connectivity index (χ4n) is 2.68. The molecule has 1 N–H and O–H groups in total. The Morgan fingerprint density at radius 3 is 3.19 bits per heavy atom. The fraction of sp³-hybridized carbons (Fsp3) is 0.357. The summed E-state index contributed by atoms with van der Waals surface area (Å²) >= 11 is 1.29. The van der Waals surface area contributed by atoms with Crippen LogP contribution in [0, 0.1) is 5.82 Å². The number of nitrogens with one attached hydrogen (secondary N) is 1. The van der Waals surface area contributed by atoms with E-state index in [0.717, 1.165) is 24.9 Å². The van der Waals surface area contributed by atoms with E-state index in [2.05, 4.69) is 20.4 Å². The predicted molar refractivity (Wildman–Crippen MR) is 78.5 cm³/mol. The summed E-state index contributed by atoms with van der Waals surface area (Å²) in [6, 6.07) is 6.70. The minimum atomic E-state index is -0.238. The average Bonchev–Trinajstić information content (AvgIpc) is 3.10. The number of nitrogens with zero attached hydrogens (tertiary/aromatic N) is 3. The van der Waals surface area contributed by atoms with E-state index in [9.17, 15) is 9.18 Å². The molecule has 0 bridgehead atoms. The van der Waals surface area contributed by atoms with Crippen LogP contribution in [-0.2, 0) is 4.79 Å². The molecule has 2 heterocycles. The molecule has 110 valence electrons. The van der Waals surface area contributed by atoms with E-state index in [-0.39, 0.29) is 24.3 Å². The molecule has 21 heavy (non-hydrogen) atoms. The van der Waals surface area contributed by atoms with Crippen molar-refractivity contribution in [3.63, 3.8) is 0 Å². The van der Waals surface area contributed by atoms with E-state index >= 15 is 0 Å². The first-order chi connectivity index (χ1) is 10.2. The van der Waals surface area contributed by atoms with Crippen LogP contribution >= 0.6 is 11.3 Å². The number of hydrogen-bond acceptors (Lipinski definition) is 5. The molecule has 7 heteroatoms. The average molecular weight is 306 g/mol. The maximum Gasteiger partial charge on any atom is 0.240 e. The quantitative estimate of drug-likeness (QED) is 0.942. The number of rotatable bonds is 4. The van der Waals surface area contributed by atoms with Gasteiger partial charge in [-0.15, -0.1) is 10.2 Å². The summed E-state index contributed by atoms with van der Waals surface area (Å²) in [7, 11) is 0. The first-order valence-corrected chi connectivity index (χ1v) is 7.66. The van der Waals surface area contributed by atoms with Gasteiger partial charge >= 0.3 is 0 Å². The number of hydrogen-bond donors (Lipinski definition) is 1. The highest BCUT2D eigenvalue weighted by Gasteiger charge is 2.27. The molecule has 3 rings (SSSR count). The van der Waals surface area contributed by atoms with Crippen molar-refractivity contribution >= 4 is 22.4 Å². The zero-order chi connectivity index (χ0) is 14.7. The van der Waals surface area contributed by atoms with Gasteiger partial charge in [0.25, 0.3) is 0 Å². The monoisotopic (exact) mass is 306 g/mol. The molecule has 1 aromatic carbocycles. The summed E-state index contributed by atoms with van der Waals surface area (Å²) in [4.78, 5) is 14.1. The van der Waals surface area contributed by atoms with E-state index < -0.39 is 0 Å². The van der Waals surface area contributed by atoms with Crippen molar-refractivity contribution in [2.45, 2.75) is 18.9 Å². The molecule has 0 spiro atoms. The standard InChI is InChI=1S/C14H15FN4OS/c15-11-4-1-3-10(7-11)12-5-2-6-19(12)8-13(20)17-14-18-16-9-21-14/h1,3-4,7,9,12H,2,5-6,8H2,(H,17,18,20). The molecule has 1 amide bonds. The molecule has 5 nitrogen and oxygen atoms in total. The van der Waals surface area contributed by atoms with Gasteiger partial charge in [-0.25, -0.2) is 4.39 Å². The van der Waals surface area contributed by atoms with Gasteiger partial charge in [0, 0.05) is 6.04 Å². The largest absolute Gasteiger partial charge is 0.299 e. The summed E-state index contributed by atoms with van der Waals surface area (Å²) < 4.78 is 13.4. The Kier molecular flexibility index (Phi) is 4.21. The SMILES string of the molecule is O=C(CN1CCCC1c1cccc(F)c1)Nc1nncs1. The van der Waals surface area contributed by atoms with Gasteiger partial charge in [-0.3, -0.25) is 15.0 Å². The summed E-state index contributed by atoms with van der Waals surface area (Å²) in [5.41, 5.74) is 2.50. The molecule has 2 aromatic rings. The van der Waals surface area contributed by atoms with Gasteiger partial charge in [-0.2, -0.15) is 0 Å². The fourth-order valence-corrected chi connectivity index (χ4v) is 3.14. The van der Waals surface area contributed by atoms with Gasteiger partial charge in [0.15, 0.2) is 0 Å². The van der Waals surface area contributed by atoms with Crippen molar-refractivity contribution in [2.75, 3.05) is 18.4 Å². The van der Waals surface area contributed by atoms with Crippen LogP contribution in [0.15, 0.2) is 29.8 Å². The lowest BCUT2D eigenvalue weighted by Gasteiger charge is -2.24. The number of carbonyl (C=O) groups excluding carboxylic acids is 1. The minimum Gasteiger partial charge on any atom is -0.299 e. The van der Waals surface area contributed by atoms with Crippen LogP contribution in [-0.4, -0.2) is 34.1 Å². The van der Waals surface area contributed by atoms with Gasteiger partial charge in [-0.05, 0) is 37.1 Å². The molecule has 1 aliphatic rings. The number of benzene rings is 1. The lowest BCUT2D eigenvalue weighted by molar-refractivity contribution is -0.117. The second kappa shape index (κ2) is 6.28. The molecule has 1 aromatic heterocycles. The number of halogens is 1. The Bertz CT molecular complexity index is 619. The number of aromatic nitrogens is 2. The highest BCUT2D eigenvalue weighted by molar-refractivity contribution is 7.13. The molecule has 1 unspecified atom stereocenters. The first kappa shape index (κ1) is 14.1. The predicted octanol–water partition coefficient (Wildman–Crippen LogP) is 2.45. The molecule has 1 atom stereocenters. The number of amides is 1. The highest BCUT2D eigenvalue weighted by Crippen LogP contribution is 2.31. The van der Waals surface area contributed by atoms with Gasteiger partial charge in [-0.1, -0.05) is 23.5 Å². The third-order valence-electron chi connectivity index (χ3n) is 3.55. The zero-order valence-electron chi connectivity index (χ0n) is 11.3. The van der Waals surface area contributed by atoms with Crippen LogP contribution in [0.3, 0.4) is 0 Å². The van der Waals surface area contributed by atoms with Gasteiger partial charge in [0.2, 0.25) is 11.0 Å². The Labute approximate surface area is 125 Å². The van der Waals surface area contributed by atoms with Crippen LogP contribution in [0.1, 0.15) is 24.4 Å². The summed E-state index contributed by atoms with van der Waals surface area (Å²) in [6.45, 7) is 1.12. The van der Waals surface area contributed by atoms with Crippen molar-refractivity contribution < 1.29 is 9.18 Å². The van der Waals surface area contributed by atoms with Crippen LogP contribution in [0.25, 0.3) is 0 Å². The Hall–Kier alpha value is -1.86. The smallest absolute Gasteiger partial charge is 0.240 e. The topological polar surface area (TPSA) is 58.1 Å². The van der Waals surface area contributed by atoms with E-state index in [1.807, 2.05) is 6.07 Å². The maximum atomic E-state index is 13.4. The summed E-state index contributed by atoms with van der Waals surface area (Å²) in [5.74, 6) is -0.354. The van der Waals surface area contributed by atoms with E-state index in [1.165, 1.54) is 17.4 Å². The van der Waals surface area contributed by atoms with E-state index in [1.54, 1.807) is 17.6 Å². The summed E-state index contributed by atoms with van der Waals surface area (Å²) in [5, 5.41) is 10.7. The van der Waals surface area contributed by atoms with Crippen LogP contribution < -0.4 is 5.32 Å². The lowest BCUT2D eigenvalue weighted by atomic mass is 10.0. The molecule has 0 saturated carbocycles. The van der Waals surface area contributed by atoms with Gasteiger partial charge in [0.05, 0.1) is 6.54 Å². The molecular formula is C14H15FN4OS. The number of anilines is 1. The maximum absolute atomic E-state index is 13.4. The first-order valence-electron chi connectivity index (χ1n) is 6.78. The van der Waals surface area contributed by atoms with Gasteiger partial charge in [0.1, 0.15) is 11.3 Å². The van der Waals surface area contributed by atoms with Crippen molar-refractivity contribution in [3.05, 3.63) is 41.2 Å². The third-order valence-corrected chi connectivity index (χ3v) is 4.16. The second-order valence-corrected chi connectivity index (χ2v) is 5.81. The Morgan fingerprint density at radius 2 is 2.43 bits per heavy atom. The number of likely N-dealkylation sites (tertiary alicyclic amines) is 1. The molecule has 1 aliphatic heterocycles. The molecule has 0 radical (unpaired) electrons. The van der Waals surface area contributed by atoms with Crippen LogP contribution in [0.2, 0.25) is 0 Å². The van der Waals surface area contributed by atoms with Crippen molar-refractivity contribution in [3.8, 4) is 0 Å². The minimum absolute atomic E-state index is 0.0980. The normalized spacial score (nSPS) is 18.8. The third kappa shape index (κ3) is 3.43. The Morgan fingerprint density at radius 1 is 1.52 bits per heavy atom. The van der Waals surface area contributed by atoms with Crippen molar-refractivity contribution in [1.29, 1.82) is 0 Å². The van der Waals surface area contributed by atoms with Crippen LogP contribution in [0.4, 0.5) is 9.52 Å². The van der Waals surface area contributed by atoms with E-state index in [4.69, 9.17) is 0 Å². The van der Waals surface area contributed by atoms with Gasteiger partial charge < -0.3 is 0 Å². The number of carbonyl (C=O) groups is 1.